The highest BCUT2D eigenvalue weighted by Crippen LogP contribution is 2.36. The van der Waals surface area contributed by atoms with Crippen LogP contribution in [0.25, 0.3) is 5.57 Å². The largest absolute Gasteiger partial charge is 0.497 e. The van der Waals surface area contributed by atoms with Crippen molar-refractivity contribution in [3.63, 3.8) is 0 Å². The van der Waals surface area contributed by atoms with E-state index in [-0.39, 0.29) is 11.8 Å². The first-order chi connectivity index (χ1) is 10.6. The standard InChI is InChI=1S/C17H21NO3S/c1-4-6-11-18-16(19)14(15(17(18)20)22-5-2)12-7-9-13(21-3)10-8-12/h7-10H,4-6,11H2,1-3H3. The van der Waals surface area contributed by atoms with Crippen molar-refractivity contribution in [3.8, 4) is 5.75 Å². The Hall–Kier alpha value is -1.75. The van der Waals surface area contributed by atoms with Crippen molar-refractivity contribution in [3.05, 3.63) is 34.7 Å². The highest BCUT2D eigenvalue weighted by molar-refractivity contribution is 8.04. The second-order valence-corrected chi connectivity index (χ2v) is 6.26. The number of unbranched alkanes of at least 4 members (excludes halogenated alkanes) is 1. The Kier molecular flexibility index (Phi) is 5.66. The van der Waals surface area contributed by atoms with Gasteiger partial charge in [0.05, 0.1) is 17.6 Å². The van der Waals surface area contributed by atoms with Gasteiger partial charge < -0.3 is 4.74 Å². The maximum atomic E-state index is 12.7. The van der Waals surface area contributed by atoms with Gasteiger partial charge in [-0.05, 0) is 29.9 Å². The molecular formula is C17H21NO3S. The third kappa shape index (κ3) is 3.19. The van der Waals surface area contributed by atoms with Crippen LogP contribution in [0.2, 0.25) is 0 Å². The van der Waals surface area contributed by atoms with Gasteiger partial charge in [-0.2, -0.15) is 0 Å². The minimum Gasteiger partial charge on any atom is -0.497 e. The fraction of sp³-hybridized carbons (Fsp3) is 0.412. The van der Waals surface area contributed by atoms with Crippen molar-refractivity contribution >= 4 is 29.1 Å². The zero-order chi connectivity index (χ0) is 16.1. The zero-order valence-corrected chi connectivity index (χ0v) is 14.0. The van der Waals surface area contributed by atoms with Crippen LogP contribution in [0.15, 0.2) is 29.2 Å². The van der Waals surface area contributed by atoms with Gasteiger partial charge in [0.2, 0.25) is 0 Å². The summed E-state index contributed by atoms with van der Waals surface area (Å²) in [5.41, 5.74) is 1.30. The number of amides is 2. The molecule has 0 aliphatic carbocycles. The zero-order valence-electron chi connectivity index (χ0n) is 13.2. The smallest absolute Gasteiger partial charge is 0.267 e. The number of thioether (sulfide) groups is 1. The van der Waals surface area contributed by atoms with Gasteiger partial charge in [-0.25, -0.2) is 0 Å². The van der Waals surface area contributed by atoms with Crippen LogP contribution in [0.3, 0.4) is 0 Å². The van der Waals surface area contributed by atoms with Gasteiger partial charge in [0.15, 0.2) is 0 Å². The summed E-state index contributed by atoms with van der Waals surface area (Å²) in [6.45, 7) is 4.52. The summed E-state index contributed by atoms with van der Waals surface area (Å²) in [5.74, 6) is 1.15. The first kappa shape index (κ1) is 16.6. The molecule has 0 saturated carbocycles. The lowest BCUT2D eigenvalue weighted by atomic mass is 10.1. The molecule has 1 aromatic carbocycles. The number of hydrogen-bond donors (Lipinski definition) is 0. The van der Waals surface area contributed by atoms with E-state index in [0.29, 0.717) is 17.0 Å². The molecule has 4 nitrogen and oxygen atoms in total. The third-order valence-corrected chi connectivity index (χ3v) is 4.48. The summed E-state index contributed by atoms with van der Waals surface area (Å²) < 4.78 is 5.14. The van der Waals surface area contributed by atoms with Gasteiger partial charge in [-0.3, -0.25) is 14.5 Å². The molecule has 5 heteroatoms. The van der Waals surface area contributed by atoms with Gasteiger partial charge in [0.25, 0.3) is 11.8 Å². The van der Waals surface area contributed by atoms with Crippen LogP contribution in [0.4, 0.5) is 0 Å². The van der Waals surface area contributed by atoms with E-state index in [1.165, 1.54) is 16.7 Å². The molecule has 118 valence electrons. The van der Waals surface area contributed by atoms with Crippen molar-refractivity contribution in [2.75, 3.05) is 19.4 Å². The van der Waals surface area contributed by atoms with E-state index in [4.69, 9.17) is 4.74 Å². The molecule has 0 unspecified atom stereocenters. The van der Waals surface area contributed by atoms with Crippen LogP contribution in [0.1, 0.15) is 32.3 Å². The fourth-order valence-corrected chi connectivity index (χ4v) is 3.24. The molecule has 0 aromatic heterocycles. The number of nitrogens with zero attached hydrogens (tertiary/aromatic N) is 1. The van der Waals surface area contributed by atoms with Gasteiger partial charge in [0, 0.05) is 6.54 Å². The number of benzene rings is 1. The summed E-state index contributed by atoms with van der Waals surface area (Å²) >= 11 is 1.44. The number of hydrogen-bond acceptors (Lipinski definition) is 4. The van der Waals surface area contributed by atoms with Crippen LogP contribution < -0.4 is 4.74 Å². The lowest BCUT2D eigenvalue weighted by Gasteiger charge is -2.14. The molecule has 0 bridgehead atoms. The Morgan fingerprint density at radius 2 is 1.77 bits per heavy atom. The maximum Gasteiger partial charge on any atom is 0.267 e. The molecule has 1 heterocycles. The van der Waals surface area contributed by atoms with Gasteiger partial charge in [0.1, 0.15) is 5.75 Å². The molecule has 0 fully saturated rings. The summed E-state index contributed by atoms with van der Waals surface area (Å²) in [7, 11) is 1.60. The number of carbonyl (C=O) groups is 2. The van der Waals surface area contributed by atoms with Gasteiger partial charge in [-0.15, -0.1) is 11.8 Å². The lowest BCUT2D eigenvalue weighted by molar-refractivity contribution is -0.136. The molecule has 1 aromatic rings. The predicted octanol–water partition coefficient (Wildman–Crippen LogP) is 3.33. The Balaban J connectivity index is 2.38. The van der Waals surface area contributed by atoms with Gasteiger partial charge >= 0.3 is 0 Å². The van der Waals surface area contributed by atoms with E-state index in [2.05, 4.69) is 0 Å². The lowest BCUT2D eigenvalue weighted by Crippen LogP contribution is -2.32. The quantitative estimate of drug-likeness (QED) is 0.723. The average molecular weight is 319 g/mol. The maximum absolute atomic E-state index is 12.7. The highest BCUT2D eigenvalue weighted by atomic mass is 32.2. The van der Waals surface area contributed by atoms with Crippen molar-refractivity contribution in [2.24, 2.45) is 0 Å². The Morgan fingerprint density at radius 3 is 2.32 bits per heavy atom. The molecule has 0 spiro atoms. The number of methoxy groups -OCH3 is 1. The number of carbonyl (C=O) groups excluding carboxylic acids is 2. The van der Waals surface area contributed by atoms with E-state index >= 15 is 0 Å². The normalized spacial score (nSPS) is 15.0. The molecule has 1 aliphatic rings. The number of ether oxygens (including phenoxy) is 1. The predicted molar refractivity (Wildman–Crippen MR) is 89.7 cm³/mol. The molecule has 2 rings (SSSR count). The van der Waals surface area contributed by atoms with Gasteiger partial charge in [-0.1, -0.05) is 32.4 Å². The van der Waals surface area contributed by atoms with E-state index < -0.39 is 0 Å². The Labute approximate surface area is 135 Å². The Morgan fingerprint density at radius 1 is 1.09 bits per heavy atom. The minimum absolute atomic E-state index is 0.156. The van der Waals surface area contributed by atoms with E-state index in [1.807, 2.05) is 38.1 Å². The molecule has 0 atom stereocenters. The number of imide groups is 1. The van der Waals surface area contributed by atoms with E-state index in [9.17, 15) is 9.59 Å². The summed E-state index contributed by atoms with van der Waals surface area (Å²) in [6, 6.07) is 7.28. The number of rotatable bonds is 7. The second-order valence-electron chi connectivity index (χ2n) is 4.98. The van der Waals surface area contributed by atoms with Crippen molar-refractivity contribution in [2.45, 2.75) is 26.7 Å². The SMILES string of the molecule is CCCCN1C(=O)C(SCC)=C(c2ccc(OC)cc2)C1=O. The first-order valence-corrected chi connectivity index (χ1v) is 8.50. The molecule has 0 radical (unpaired) electrons. The highest BCUT2D eigenvalue weighted by Gasteiger charge is 2.38. The first-order valence-electron chi connectivity index (χ1n) is 7.51. The van der Waals surface area contributed by atoms with E-state index in [1.54, 1.807) is 7.11 Å². The molecule has 0 saturated heterocycles. The molecule has 0 N–H and O–H groups in total. The average Bonchev–Trinajstić information content (AvgIpc) is 2.77. The monoisotopic (exact) mass is 319 g/mol. The summed E-state index contributed by atoms with van der Waals surface area (Å²) in [4.78, 5) is 27.1. The Bertz CT molecular complexity index is 592. The van der Waals surface area contributed by atoms with Crippen molar-refractivity contribution in [1.82, 2.24) is 4.90 Å². The summed E-state index contributed by atoms with van der Waals surface area (Å²) in [5, 5.41) is 0. The summed E-state index contributed by atoms with van der Waals surface area (Å²) in [6.07, 6.45) is 1.78. The molecule has 22 heavy (non-hydrogen) atoms. The van der Waals surface area contributed by atoms with Crippen LogP contribution in [-0.4, -0.2) is 36.1 Å². The molecule has 1 aliphatic heterocycles. The van der Waals surface area contributed by atoms with Crippen molar-refractivity contribution < 1.29 is 14.3 Å². The topological polar surface area (TPSA) is 46.6 Å². The third-order valence-electron chi connectivity index (χ3n) is 3.53. The van der Waals surface area contributed by atoms with Crippen LogP contribution in [0, 0.1) is 0 Å². The molecule has 2 amide bonds. The molecular weight excluding hydrogens is 298 g/mol. The van der Waals surface area contributed by atoms with E-state index in [0.717, 1.165) is 29.9 Å². The van der Waals surface area contributed by atoms with Crippen molar-refractivity contribution in [1.29, 1.82) is 0 Å². The fourth-order valence-electron chi connectivity index (χ4n) is 2.36. The second kappa shape index (κ2) is 7.49. The van der Waals surface area contributed by atoms with Crippen LogP contribution >= 0.6 is 11.8 Å². The van der Waals surface area contributed by atoms with Crippen LogP contribution in [0.5, 0.6) is 5.75 Å². The minimum atomic E-state index is -0.181. The van der Waals surface area contributed by atoms with Crippen LogP contribution in [-0.2, 0) is 9.59 Å².